The molecule has 1 amide bonds. The van der Waals surface area contributed by atoms with Crippen LogP contribution in [0.15, 0.2) is 18.3 Å². The van der Waals surface area contributed by atoms with Crippen molar-refractivity contribution in [3.05, 3.63) is 24.3 Å². The summed E-state index contributed by atoms with van der Waals surface area (Å²) in [7, 11) is 0. The predicted molar refractivity (Wildman–Crippen MR) is 56.0 cm³/mol. The number of carbonyl (C=O) groups excluding carboxylic acids is 1. The zero-order valence-electron chi connectivity index (χ0n) is 8.59. The maximum atomic E-state index is 12.6. The van der Waals surface area contributed by atoms with Crippen molar-refractivity contribution in [1.29, 1.82) is 0 Å². The van der Waals surface area contributed by atoms with E-state index in [1.807, 2.05) is 6.92 Å². The number of halogens is 1. The maximum Gasteiger partial charge on any atom is 0.221 e. The summed E-state index contributed by atoms with van der Waals surface area (Å²) < 4.78 is 12.6. The highest BCUT2D eigenvalue weighted by Gasteiger charge is 1.99. The van der Waals surface area contributed by atoms with Crippen LogP contribution in [0.1, 0.15) is 13.3 Å². The Morgan fingerprint density at radius 1 is 1.60 bits per heavy atom. The molecule has 0 radical (unpaired) electrons. The Morgan fingerprint density at radius 3 is 3.07 bits per heavy atom. The van der Waals surface area contributed by atoms with Gasteiger partial charge in [0.1, 0.15) is 0 Å². The molecule has 1 aromatic heterocycles. The third-order valence-electron chi connectivity index (χ3n) is 1.78. The van der Waals surface area contributed by atoms with Gasteiger partial charge in [0.2, 0.25) is 11.9 Å². The molecule has 0 atom stereocenters. The summed E-state index contributed by atoms with van der Waals surface area (Å²) in [5.74, 6) is -0.544. The van der Waals surface area contributed by atoms with Crippen molar-refractivity contribution in [2.75, 3.05) is 18.4 Å². The Bertz CT molecular complexity index is 330. The van der Waals surface area contributed by atoms with Gasteiger partial charge in [0.15, 0.2) is 0 Å². The van der Waals surface area contributed by atoms with Crippen LogP contribution < -0.4 is 10.6 Å². The van der Waals surface area contributed by atoms with E-state index < -0.39 is 5.95 Å². The number of anilines is 1. The molecule has 0 saturated heterocycles. The second-order valence-electron chi connectivity index (χ2n) is 3.00. The third-order valence-corrected chi connectivity index (χ3v) is 1.78. The van der Waals surface area contributed by atoms with Crippen molar-refractivity contribution in [3.63, 3.8) is 0 Å². The molecular formula is C10H14FN3O. The fourth-order valence-electron chi connectivity index (χ4n) is 1.12. The van der Waals surface area contributed by atoms with Crippen LogP contribution in [0.2, 0.25) is 0 Å². The van der Waals surface area contributed by atoms with E-state index in [1.54, 1.807) is 6.07 Å². The molecule has 1 heterocycles. The van der Waals surface area contributed by atoms with Crippen molar-refractivity contribution in [2.24, 2.45) is 0 Å². The first-order valence-corrected chi connectivity index (χ1v) is 4.84. The summed E-state index contributed by atoms with van der Waals surface area (Å²) in [6.07, 6.45) is 1.75. The molecule has 0 bridgehead atoms. The Balaban J connectivity index is 2.28. The van der Waals surface area contributed by atoms with E-state index in [1.165, 1.54) is 12.3 Å². The largest absolute Gasteiger partial charge is 0.384 e. The molecule has 4 nitrogen and oxygen atoms in total. The zero-order valence-corrected chi connectivity index (χ0v) is 8.59. The highest BCUT2D eigenvalue weighted by molar-refractivity contribution is 5.76. The highest BCUT2D eigenvalue weighted by Crippen LogP contribution is 2.05. The van der Waals surface area contributed by atoms with E-state index in [4.69, 9.17) is 0 Å². The van der Waals surface area contributed by atoms with Crippen molar-refractivity contribution < 1.29 is 9.18 Å². The molecule has 0 fully saturated rings. The molecule has 2 N–H and O–H groups in total. The van der Waals surface area contributed by atoms with Crippen LogP contribution in [0.5, 0.6) is 0 Å². The molecular weight excluding hydrogens is 197 g/mol. The quantitative estimate of drug-likeness (QED) is 0.718. The summed E-state index contributed by atoms with van der Waals surface area (Å²) >= 11 is 0. The minimum Gasteiger partial charge on any atom is -0.384 e. The molecule has 0 saturated carbocycles. The minimum absolute atomic E-state index is 0.0143. The van der Waals surface area contributed by atoms with Crippen molar-refractivity contribution in [1.82, 2.24) is 10.3 Å². The number of carbonyl (C=O) groups is 1. The van der Waals surface area contributed by atoms with Crippen molar-refractivity contribution >= 4 is 11.6 Å². The molecule has 0 unspecified atom stereocenters. The predicted octanol–water partition coefficient (Wildman–Crippen LogP) is 1.16. The maximum absolute atomic E-state index is 12.6. The summed E-state index contributed by atoms with van der Waals surface area (Å²) in [6, 6.07) is 2.94. The van der Waals surface area contributed by atoms with Gasteiger partial charge in [0.05, 0.1) is 0 Å². The molecule has 0 aliphatic heterocycles. The smallest absolute Gasteiger partial charge is 0.221 e. The average molecular weight is 211 g/mol. The van der Waals surface area contributed by atoms with Crippen LogP contribution in [-0.2, 0) is 4.79 Å². The van der Waals surface area contributed by atoms with Gasteiger partial charge in [-0.15, -0.1) is 0 Å². The number of pyridine rings is 1. The second-order valence-corrected chi connectivity index (χ2v) is 3.00. The molecule has 15 heavy (non-hydrogen) atoms. The number of hydrogen-bond donors (Lipinski definition) is 2. The Kier molecular flexibility index (Phi) is 4.53. The highest BCUT2D eigenvalue weighted by atomic mass is 19.1. The molecule has 0 aliphatic carbocycles. The average Bonchev–Trinajstić information content (AvgIpc) is 2.18. The molecule has 82 valence electrons. The van der Waals surface area contributed by atoms with Gasteiger partial charge in [0, 0.05) is 37.5 Å². The molecule has 1 rings (SSSR count). The van der Waals surface area contributed by atoms with Gasteiger partial charge in [-0.2, -0.15) is 4.39 Å². The number of hydrogen-bond acceptors (Lipinski definition) is 3. The van der Waals surface area contributed by atoms with Crippen LogP contribution in [-0.4, -0.2) is 24.0 Å². The number of amides is 1. The summed E-state index contributed by atoms with van der Waals surface area (Å²) in [6.45, 7) is 2.97. The second kappa shape index (κ2) is 5.95. The van der Waals surface area contributed by atoms with Crippen molar-refractivity contribution in [2.45, 2.75) is 13.3 Å². The summed E-state index contributed by atoms with van der Waals surface area (Å²) in [5, 5.41) is 5.61. The first-order valence-electron chi connectivity index (χ1n) is 4.84. The fourth-order valence-corrected chi connectivity index (χ4v) is 1.12. The van der Waals surface area contributed by atoms with Gasteiger partial charge in [-0.25, -0.2) is 4.98 Å². The third kappa shape index (κ3) is 4.39. The van der Waals surface area contributed by atoms with Crippen LogP contribution in [0.3, 0.4) is 0 Å². The molecule has 0 aliphatic rings. The lowest BCUT2D eigenvalue weighted by molar-refractivity contribution is -0.120. The number of nitrogens with zero attached hydrogens (tertiary/aromatic N) is 1. The number of aromatic nitrogens is 1. The molecule has 1 aromatic rings. The van der Waals surface area contributed by atoms with E-state index >= 15 is 0 Å². The Hall–Kier alpha value is -1.65. The fraction of sp³-hybridized carbons (Fsp3) is 0.400. The first kappa shape index (κ1) is 11.4. The van der Waals surface area contributed by atoms with E-state index in [0.717, 1.165) is 0 Å². The first-order chi connectivity index (χ1) is 7.22. The lowest BCUT2D eigenvalue weighted by Crippen LogP contribution is -2.24. The SMILES string of the molecule is CCNC(=O)CCNc1ccnc(F)c1. The van der Waals surface area contributed by atoms with E-state index in [-0.39, 0.29) is 5.91 Å². The van der Waals surface area contributed by atoms with Crippen molar-refractivity contribution in [3.8, 4) is 0 Å². The van der Waals surface area contributed by atoms with Gasteiger partial charge < -0.3 is 10.6 Å². The standard InChI is InChI=1S/C10H14FN3O/c1-2-12-10(15)4-6-13-8-3-5-14-9(11)7-8/h3,5,7H,2,4,6H2,1H3,(H,12,15)(H,13,14). The van der Waals surface area contributed by atoms with Crippen LogP contribution in [0.25, 0.3) is 0 Å². The van der Waals surface area contributed by atoms with Crippen LogP contribution >= 0.6 is 0 Å². The normalized spacial score (nSPS) is 9.73. The summed E-state index contributed by atoms with van der Waals surface area (Å²) in [5.41, 5.74) is 0.631. The van der Waals surface area contributed by atoms with E-state index in [9.17, 15) is 9.18 Å². The Morgan fingerprint density at radius 2 is 2.40 bits per heavy atom. The molecule has 0 spiro atoms. The van der Waals surface area contributed by atoms with Gasteiger partial charge in [-0.1, -0.05) is 0 Å². The van der Waals surface area contributed by atoms with Crippen LogP contribution in [0, 0.1) is 5.95 Å². The molecule has 0 aromatic carbocycles. The lowest BCUT2D eigenvalue weighted by Gasteiger charge is -2.05. The lowest BCUT2D eigenvalue weighted by atomic mass is 10.3. The van der Waals surface area contributed by atoms with E-state index in [0.29, 0.717) is 25.2 Å². The topological polar surface area (TPSA) is 54.0 Å². The van der Waals surface area contributed by atoms with Gasteiger partial charge in [0.25, 0.3) is 0 Å². The van der Waals surface area contributed by atoms with E-state index in [2.05, 4.69) is 15.6 Å². The number of rotatable bonds is 5. The zero-order chi connectivity index (χ0) is 11.1. The minimum atomic E-state index is -0.530. The monoisotopic (exact) mass is 211 g/mol. The number of nitrogens with one attached hydrogen (secondary N) is 2. The Labute approximate surface area is 87.9 Å². The molecule has 5 heteroatoms. The summed E-state index contributed by atoms with van der Waals surface area (Å²) in [4.78, 5) is 14.5. The van der Waals surface area contributed by atoms with Gasteiger partial charge >= 0.3 is 0 Å². The van der Waals surface area contributed by atoms with Gasteiger partial charge in [-0.3, -0.25) is 4.79 Å². The van der Waals surface area contributed by atoms with Crippen LogP contribution in [0.4, 0.5) is 10.1 Å². The van der Waals surface area contributed by atoms with Gasteiger partial charge in [-0.05, 0) is 13.0 Å².